The maximum atomic E-state index is 13.0. The summed E-state index contributed by atoms with van der Waals surface area (Å²) in [5, 5.41) is 5.39. The Balaban J connectivity index is 1.02. The van der Waals surface area contributed by atoms with Crippen LogP contribution in [0.2, 0.25) is 0 Å². The van der Waals surface area contributed by atoms with Gasteiger partial charge in [-0.2, -0.15) is 0 Å². The molecular weight excluding hydrogens is 436 g/mol. The van der Waals surface area contributed by atoms with E-state index >= 15 is 0 Å². The van der Waals surface area contributed by atoms with Gasteiger partial charge in [-0.25, -0.2) is 4.79 Å². The second-order valence-corrected chi connectivity index (χ2v) is 10.7. The summed E-state index contributed by atoms with van der Waals surface area (Å²) >= 11 is 0. The molecule has 5 fully saturated rings. The molecule has 3 saturated carbocycles. The first-order chi connectivity index (χ1) is 16.4. The molecule has 2 bridgehead atoms. The van der Waals surface area contributed by atoms with Crippen molar-refractivity contribution in [1.82, 2.24) is 20.4 Å². The van der Waals surface area contributed by atoms with E-state index in [1.54, 1.807) is 6.07 Å². The van der Waals surface area contributed by atoms with Crippen molar-refractivity contribution in [1.29, 1.82) is 0 Å². The van der Waals surface area contributed by atoms with Crippen LogP contribution in [-0.4, -0.2) is 63.8 Å². The number of alkyl carbamates (subject to hydrolysis) is 1. The predicted octanol–water partition coefficient (Wildman–Crippen LogP) is 1.83. The third-order valence-electron chi connectivity index (χ3n) is 8.36. The maximum absolute atomic E-state index is 13.0. The van der Waals surface area contributed by atoms with Gasteiger partial charge in [-0.05, 0) is 68.8 Å². The van der Waals surface area contributed by atoms with Gasteiger partial charge in [-0.1, -0.05) is 18.6 Å². The van der Waals surface area contributed by atoms with Crippen molar-refractivity contribution >= 4 is 23.8 Å². The second kappa shape index (κ2) is 7.80. The van der Waals surface area contributed by atoms with Crippen LogP contribution in [0.15, 0.2) is 18.2 Å². The van der Waals surface area contributed by atoms with Crippen LogP contribution in [-0.2, 0) is 27.5 Å². The lowest BCUT2D eigenvalue weighted by Crippen LogP contribution is -2.83. The molecule has 0 radical (unpaired) electrons. The van der Waals surface area contributed by atoms with Crippen molar-refractivity contribution < 1.29 is 23.9 Å². The Labute approximate surface area is 198 Å². The fourth-order valence-electron chi connectivity index (χ4n) is 6.66. The number of carbonyl (C=O) groups excluding carboxylic acids is 4. The average molecular weight is 467 g/mol. The van der Waals surface area contributed by atoms with Crippen LogP contribution in [0.3, 0.4) is 0 Å². The first-order valence-corrected chi connectivity index (χ1v) is 12.3. The molecule has 34 heavy (non-hydrogen) atoms. The van der Waals surface area contributed by atoms with Crippen molar-refractivity contribution in [3.63, 3.8) is 0 Å². The summed E-state index contributed by atoms with van der Waals surface area (Å²) in [5.41, 5.74) is 2.29. The third-order valence-corrected chi connectivity index (χ3v) is 8.36. The highest BCUT2D eigenvalue weighted by molar-refractivity contribution is 6.05. The standard InChI is InChI=1S/C25H30N4O5/c30-20-7-6-19(21(31)26-20)29-11-17-5-4-16(10-18(17)22(29)32)12-34-23(33)27-24-13-25(14-24,15-24)28-8-2-1-3-9-28/h4-5,10,19H,1-3,6-9,11-15H2,(H,27,33)(H,26,30,31). The molecule has 6 aliphatic rings. The number of rotatable bonds is 5. The molecule has 9 heteroatoms. The van der Waals surface area contributed by atoms with Gasteiger partial charge in [0.25, 0.3) is 5.91 Å². The second-order valence-electron chi connectivity index (χ2n) is 10.7. The van der Waals surface area contributed by atoms with Crippen LogP contribution in [0.1, 0.15) is 72.9 Å². The van der Waals surface area contributed by atoms with Crippen LogP contribution in [0.25, 0.3) is 0 Å². The van der Waals surface area contributed by atoms with Crippen molar-refractivity contribution in [2.45, 2.75) is 81.6 Å². The van der Waals surface area contributed by atoms with Gasteiger partial charge in [-0.3, -0.25) is 24.6 Å². The SMILES string of the molecule is O=C1CCC(N2Cc3ccc(COC(=O)NC45CC(N6CCCCC6)(C4)C5)cc3C2=O)C(=O)N1. The van der Waals surface area contributed by atoms with Crippen molar-refractivity contribution in [2.75, 3.05) is 13.1 Å². The molecule has 2 N–H and O–H groups in total. The number of piperidine rings is 2. The average Bonchev–Trinajstić information content (AvgIpc) is 3.10. The van der Waals surface area contributed by atoms with E-state index in [-0.39, 0.29) is 30.4 Å². The van der Waals surface area contributed by atoms with Crippen LogP contribution in [0.4, 0.5) is 4.79 Å². The van der Waals surface area contributed by atoms with Crippen molar-refractivity contribution in [2.24, 2.45) is 0 Å². The van der Waals surface area contributed by atoms with Gasteiger partial charge in [0.2, 0.25) is 11.8 Å². The van der Waals surface area contributed by atoms with Gasteiger partial charge in [0.1, 0.15) is 12.6 Å². The molecular formula is C25H30N4O5. The lowest BCUT2D eigenvalue weighted by molar-refractivity contribution is -0.180. The Morgan fingerprint density at radius 3 is 2.62 bits per heavy atom. The highest BCUT2D eigenvalue weighted by Gasteiger charge is 2.70. The van der Waals surface area contributed by atoms with Gasteiger partial charge in [0.15, 0.2) is 0 Å². The van der Waals surface area contributed by atoms with E-state index in [9.17, 15) is 19.2 Å². The fraction of sp³-hybridized carbons (Fsp3) is 0.600. The lowest BCUT2D eigenvalue weighted by atomic mass is 9.43. The van der Waals surface area contributed by atoms with Crippen LogP contribution in [0.5, 0.6) is 0 Å². The van der Waals surface area contributed by atoms with E-state index in [1.165, 1.54) is 37.3 Å². The molecule has 2 saturated heterocycles. The predicted molar refractivity (Wildman–Crippen MR) is 121 cm³/mol. The number of carbonyl (C=O) groups is 4. The minimum Gasteiger partial charge on any atom is -0.445 e. The van der Waals surface area contributed by atoms with Gasteiger partial charge in [-0.15, -0.1) is 0 Å². The smallest absolute Gasteiger partial charge is 0.407 e. The van der Waals surface area contributed by atoms with E-state index in [1.807, 2.05) is 12.1 Å². The Kier molecular flexibility index (Phi) is 4.95. The van der Waals surface area contributed by atoms with Gasteiger partial charge < -0.3 is 15.0 Å². The number of benzene rings is 1. The molecule has 1 aromatic carbocycles. The van der Waals surface area contributed by atoms with E-state index in [0.29, 0.717) is 24.1 Å². The van der Waals surface area contributed by atoms with E-state index in [2.05, 4.69) is 15.5 Å². The summed E-state index contributed by atoms with van der Waals surface area (Å²) in [5.74, 6) is -0.954. The first kappa shape index (κ1) is 21.6. The van der Waals surface area contributed by atoms with Gasteiger partial charge in [0, 0.05) is 29.6 Å². The Morgan fingerprint density at radius 2 is 1.88 bits per heavy atom. The quantitative estimate of drug-likeness (QED) is 0.641. The van der Waals surface area contributed by atoms with Gasteiger partial charge in [0.05, 0.1) is 0 Å². The minimum absolute atomic E-state index is 0.0815. The van der Waals surface area contributed by atoms with Crippen LogP contribution < -0.4 is 10.6 Å². The Bertz CT molecular complexity index is 1060. The molecule has 1 atom stereocenters. The van der Waals surface area contributed by atoms with Crippen molar-refractivity contribution in [3.05, 3.63) is 34.9 Å². The number of nitrogens with one attached hydrogen (secondary N) is 2. The number of fused-ring (bicyclic) bond motifs is 1. The van der Waals surface area contributed by atoms with Crippen LogP contribution in [0, 0.1) is 0 Å². The van der Waals surface area contributed by atoms with E-state index in [4.69, 9.17) is 4.74 Å². The molecule has 0 spiro atoms. The number of nitrogens with zero attached hydrogens (tertiary/aromatic N) is 2. The zero-order valence-electron chi connectivity index (χ0n) is 19.2. The largest absolute Gasteiger partial charge is 0.445 e. The fourth-order valence-corrected chi connectivity index (χ4v) is 6.66. The summed E-state index contributed by atoms with van der Waals surface area (Å²) in [6.07, 6.45) is 7.06. The highest BCUT2D eigenvalue weighted by atomic mass is 16.5. The molecule has 9 nitrogen and oxygen atoms in total. The molecule has 4 amide bonds. The summed E-state index contributed by atoms with van der Waals surface area (Å²) < 4.78 is 5.48. The minimum atomic E-state index is -0.635. The number of imide groups is 1. The van der Waals surface area contributed by atoms with Crippen molar-refractivity contribution in [3.8, 4) is 0 Å². The Hall–Kier alpha value is -2.94. The normalized spacial score (nSPS) is 32.4. The molecule has 0 aromatic heterocycles. The number of hydrogen-bond donors (Lipinski definition) is 2. The number of hydrogen-bond acceptors (Lipinski definition) is 6. The summed E-state index contributed by atoms with van der Waals surface area (Å²) in [7, 11) is 0. The highest BCUT2D eigenvalue weighted by Crippen LogP contribution is 2.63. The van der Waals surface area contributed by atoms with E-state index in [0.717, 1.165) is 30.4 Å². The number of ether oxygens (including phenoxy) is 1. The number of likely N-dealkylation sites (tertiary alicyclic amines) is 1. The lowest BCUT2D eigenvalue weighted by Gasteiger charge is -2.74. The summed E-state index contributed by atoms with van der Waals surface area (Å²) in [6, 6.07) is 4.80. The monoisotopic (exact) mass is 466 g/mol. The van der Waals surface area contributed by atoms with Gasteiger partial charge >= 0.3 is 6.09 Å². The summed E-state index contributed by atoms with van der Waals surface area (Å²) in [4.78, 5) is 53.2. The maximum Gasteiger partial charge on any atom is 0.407 e. The zero-order chi connectivity index (χ0) is 23.5. The van der Waals surface area contributed by atoms with Crippen LogP contribution >= 0.6 is 0 Å². The molecule has 1 aromatic rings. The zero-order valence-corrected chi connectivity index (χ0v) is 19.2. The topological polar surface area (TPSA) is 108 Å². The number of amides is 4. The molecule has 3 aliphatic carbocycles. The third kappa shape index (κ3) is 3.48. The molecule has 3 aliphatic heterocycles. The summed E-state index contributed by atoms with van der Waals surface area (Å²) in [6.45, 7) is 2.78. The van der Waals surface area contributed by atoms with E-state index < -0.39 is 18.0 Å². The molecule has 180 valence electrons. The Morgan fingerprint density at radius 1 is 1.12 bits per heavy atom. The molecule has 1 unspecified atom stereocenters. The molecule has 3 heterocycles. The molecule has 7 rings (SSSR count). The first-order valence-electron chi connectivity index (χ1n) is 12.3.